The number of rotatable bonds is 2. The molecule has 3 nitrogen and oxygen atoms in total. The van der Waals surface area contributed by atoms with Crippen molar-refractivity contribution in [2.24, 2.45) is 16.8 Å². The van der Waals surface area contributed by atoms with Crippen molar-refractivity contribution in [3.63, 3.8) is 0 Å². The monoisotopic (exact) mass is 321 g/mol. The fourth-order valence-corrected chi connectivity index (χ4v) is 3.47. The van der Waals surface area contributed by atoms with Crippen LogP contribution in [-0.4, -0.2) is 5.78 Å². The molecular formula is C16H16ClNO2S. The number of benzene rings is 1. The van der Waals surface area contributed by atoms with E-state index in [2.05, 4.69) is 18.8 Å². The highest BCUT2D eigenvalue weighted by atomic mass is 35.5. The fraction of sp³-hybridized carbons (Fsp3) is 0.375. The number of Topliss-reactive ketones (excluding diaryl/α,β-unsaturated/α-hetero) is 1. The number of ketones is 1. The third-order valence-electron chi connectivity index (χ3n) is 3.79. The van der Waals surface area contributed by atoms with Crippen molar-refractivity contribution in [2.45, 2.75) is 26.7 Å². The Labute approximate surface area is 132 Å². The number of carbonyl (C=O) groups is 1. The molecule has 0 spiro atoms. The Morgan fingerprint density at radius 2 is 2.00 bits per heavy atom. The van der Waals surface area contributed by atoms with Crippen LogP contribution in [0.15, 0.2) is 33.7 Å². The van der Waals surface area contributed by atoms with Crippen LogP contribution in [0.25, 0.3) is 0 Å². The van der Waals surface area contributed by atoms with E-state index in [1.54, 1.807) is 12.1 Å². The molecule has 110 valence electrons. The number of hydrogen-bond acceptors (Lipinski definition) is 4. The number of nitrogens with zero attached hydrogens (tertiary/aromatic N) is 1. The minimum absolute atomic E-state index is 0.182. The molecular weight excluding hydrogens is 306 g/mol. The van der Waals surface area contributed by atoms with Gasteiger partial charge in [-0.05, 0) is 36.1 Å². The van der Waals surface area contributed by atoms with Crippen LogP contribution in [0, 0.1) is 11.8 Å². The van der Waals surface area contributed by atoms with E-state index in [4.69, 9.17) is 16.0 Å². The highest BCUT2D eigenvalue weighted by Gasteiger charge is 2.30. The summed E-state index contributed by atoms with van der Waals surface area (Å²) in [6.07, 6.45) is 1.44. The highest BCUT2D eigenvalue weighted by molar-refractivity contribution is 7.11. The smallest absolute Gasteiger partial charge is 0.279 e. The van der Waals surface area contributed by atoms with Crippen molar-refractivity contribution in [3.8, 4) is 0 Å². The molecule has 0 saturated carbocycles. The fourth-order valence-electron chi connectivity index (χ4n) is 2.44. The molecule has 0 unspecified atom stereocenters. The lowest BCUT2D eigenvalue weighted by atomic mass is 9.83. The van der Waals surface area contributed by atoms with Gasteiger partial charge in [-0.15, -0.1) is 0 Å². The zero-order chi connectivity index (χ0) is 15.0. The summed E-state index contributed by atoms with van der Waals surface area (Å²) in [5.41, 5.74) is 0.773. The molecule has 1 aliphatic rings. The summed E-state index contributed by atoms with van der Waals surface area (Å²) in [7, 11) is 0. The molecule has 1 aromatic heterocycles. The van der Waals surface area contributed by atoms with Crippen LogP contribution in [0.3, 0.4) is 0 Å². The first-order chi connectivity index (χ1) is 10.0. The van der Waals surface area contributed by atoms with Crippen molar-refractivity contribution in [3.05, 3.63) is 44.8 Å². The topological polar surface area (TPSA) is 42.6 Å². The molecule has 0 amide bonds. The van der Waals surface area contributed by atoms with Crippen LogP contribution in [0.4, 0.5) is 5.69 Å². The molecule has 1 atom stereocenters. The molecule has 0 N–H and O–H groups in total. The van der Waals surface area contributed by atoms with E-state index >= 15 is 0 Å². The lowest BCUT2D eigenvalue weighted by molar-refractivity contribution is 0.0930. The second-order valence-corrected chi connectivity index (χ2v) is 7.04. The van der Waals surface area contributed by atoms with Crippen LogP contribution < -0.4 is 4.87 Å². The Bertz CT molecular complexity index is 727. The summed E-state index contributed by atoms with van der Waals surface area (Å²) < 4.78 is 5.79. The number of carbonyl (C=O) groups excluding carboxylic acids is 1. The van der Waals surface area contributed by atoms with Gasteiger partial charge in [0.15, 0.2) is 5.78 Å². The summed E-state index contributed by atoms with van der Waals surface area (Å²) in [5.74, 6) is 1.82. The lowest BCUT2D eigenvalue weighted by Gasteiger charge is -2.22. The predicted molar refractivity (Wildman–Crippen MR) is 84.2 cm³/mol. The van der Waals surface area contributed by atoms with Crippen molar-refractivity contribution in [2.75, 3.05) is 0 Å². The zero-order valence-electron chi connectivity index (χ0n) is 11.9. The molecule has 3 rings (SSSR count). The molecule has 0 saturated heterocycles. The maximum atomic E-state index is 12.2. The van der Waals surface area contributed by atoms with Crippen LogP contribution >= 0.6 is 22.9 Å². The second kappa shape index (κ2) is 5.78. The number of halogens is 1. The summed E-state index contributed by atoms with van der Waals surface area (Å²) in [5, 5.41) is 0.673. The van der Waals surface area contributed by atoms with Crippen LogP contribution in [0.5, 0.6) is 0 Å². The normalized spacial score (nSPS) is 19.1. The van der Waals surface area contributed by atoms with Gasteiger partial charge >= 0.3 is 0 Å². The van der Waals surface area contributed by atoms with E-state index in [1.807, 2.05) is 12.1 Å². The van der Waals surface area contributed by atoms with E-state index in [1.165, 1.54) is 11.3 Å². The third-order valence-corrected chi connectivity index (χ3v) is 5.05. The van der Waals surface area contributed by atoms with E-state index < -0.39 is 0 Å². The number of hydrogen-bond donors (Lipinski definition) is 0. The van der Waals surface area contributed by atoms with E-state index in [-0.39, 0.29) is 5.78 Å². The zero-order valence-corrected chi connectivity index (χ0v) is 13.5. The van der Waals surface area contributed by atoms with Gasteiger partial charge < -0.3 is 4.42 Å². The van der Waals surface area contributed by atoms with Crippen molar-refractivity contribution >= 4 is 34.4 Å². The predicted octanol–water partition coefficient (Wildman–Crippen LogP) is 4.63. The second-order valence-electron chi connectivity index (χ2n) is 5.65. The summed E-state index contributed by atoms with van der Waals surface area (Å²) >= 11 is 7.20. The minimum Gasteiger partial charge on any atom is -0.434 e. The summed E-state index contributed by atoms with van der Waals surface area (Å²) in [6, 6.07) is 7.23. The van der Waals surface area contributed by atoms with Gasteiger partial charge in [0.1, 0.15) is 10.6 Å². The largest absolute Gasteiger partial charge is 0.434 e. The van der Waals surface area contributed by atoms with Gasteiger partial charge in [-0.1, -0.05) is 36.8 Å². The Balaban J connectivity index is 1.95. The Morgan fingerprint density at radius 1 is 1.29 bits per heavy atom. The molecule has 1 aliphatic carbocycles. The first-order valence-corrected chi connectivity index (χ1v) is 8.18. The van der Waals surface area contributed by atoms with Gasteiger partial charge in [-0.3, -0.25) is 4.79 Å². The lowest BCUT2D eigenvalue weighted by Crippen LogP contribution is -2.22. The Kier molecular flexibility index (Phi) is 4.00. The first kappa shape index (κ1) is 14.5. The molecule has 0 bridgehead atoms. The van der Waals surface area contributed by atoms with Crippen LogP contribution in [-0.2, 0) is 6.42 Å². The highest BCUT2D eigenvalue weighted by Crippen LogP contribution is 2.31. The van der Waals surface area contributed by atoms with Gasteiger partial charge in [0.05, 0.1) is 5.69 Å². The first-order valence-electron chi connectivity index (χ1n) is 6.99. The quantitative estimate of drug-likeness (QED) is 0.809. The molecule has 2 aromatic rings. The van der Waals surface area contributed by atoms with E-state index in [9.17, 15) is 4.79 Å². The molecule has 0 radical (unpaired) electrons. The Hall–Kier alpha value is -1.39. The van der Waals surface area contributed by atoms with Gasteiger partial charge in [0, 0.05) is 17.9 Å². The molecule has 5 heteroatoms. The molecule has 0 aliphatic heterocycles. The van der Waals surface area contributed by atoms with Crippen molar-refractivity contribution in [1.29, 1.82) is 0 Å². The van der Waals surface area contributed by atoms with Crippen molar-refractivity contribution in [1.82, 2.24) is 0 Å². The Morgan fingerprint density at radius 3 is 2.67 bits per heavy atom. The van der Waals surface area contributed by atoms with Gasteiger partial charge in [0.25, 0.3) is 4.87 Å². The van der Waals surface area contributed by atoms with Gasteiger partial charge in [-0.2, -0.15) is 0 Å². The summed E-state index contributed by atoms with van der Waals surface area (Å²) in [4.78, 5) is 17.9. The van der Waals surface area contributed by atoms with Gasteiger partial charge in [0.2, 0.25) is 0 Å². The third kappa shape index (κ3) is 3.11. The van der Waals surface area contributed by atoms with Crippen molar-refractivity contribution < 1.29 is 9.21 Å². The van der Waals surface area contributed by atoms with E-state index in [0.29, 0.717) is 28.1 Å². The maximum absolute atomic E-state index is 12.2. The SMILES string of the molecule is CC(C)[C@H]1CC(=O)c2sc(=Nc3ccc(Cl)cc3)oc2C1. The number of fused-ring (bicyclic) bond motifs is 1. The molecule has 21 heavy (non-hydrogen) atoms. The van der Waals surface area contributed by atoms with E-state index in [0.717, 1.165) is 22.7 Å². The standard InChI is InChI=1S/C16H16ClNO2S/c1-9(2)10-7-13(19)15-14(8-10)20-16(21-15)18-12-5-3-11(17)4-6-12/h3-6,9-10H,7-8H2,1-2H3/t10-/m0/s1. The van der Waals surface area contributed by atoms with Crippen LogP contribution in [0.2, 0.25) is 5.02 Å². The molecule has 1 heterocycles. The van der Waals surface area contributed by atoms with Crippen LogP contribution in [0.1, 0.15) is 35.7 Å². The molecule has 0 fully saturated rings. The maximum Gasteiger partial charge on any atom is 0.279 e. The van der Waals surface area contributed by atoms with Gasteiger partial charge in [-0.25, -0.2) is 4.99 Å². The average Bonchev–Trinajstić information content (AvgIpc) is 2.84. The minimum atomic E-state index is 0.182. The molecule has 1 aromatic carbocycles. The average molecular weight is 322 g/mol. The summed E-state index contributed by atoms with van der Waals surface area (Å²) in [6.45, 7) is 4.29.